The van der Waals surface area contributed by atoms with E-state index in [0.29, 0.717) is 0 Å². The zero-order valence-corrected chi connectivity index (χ0v) is 12.1. The second kappa shape index (κ2) is 6.75. The number of hydrogen-bond acceptors (Lipinski definition) is 1. The van der Waals surface area contributed by atoms with Gasteiger partial charge >= 0.3 is 0 Å². The number of allylic oxidation sites excluding steroid dienone is 2. The van der Waals surface area contributed by atoms with E-state index in [-0.39, 0.29) is 5.60 Å². The summed E-state index contributed by atoms with van der Waals surface area (Å²) in [6.45, 7) is 2.38. The third kappa shape index (κ3) is 4.12. The normalized spacial score (nSPS) is 25.6. The highest BCUT2D eigenvalue weighted by molar-refractivity contribution is 5.08. The van der Waals surface area contributed by atoms with Gasteiger partial charge in [0.1, 0.15) is 0 Å². The predicted octanol–water partition coefficient (Wildman–Crippen LogP) is 4.99. The van der Waals surface area contributed by atoms with Gasteiger partial charge in [-0.2, -0.15) is 0 Å². The van der Waals surface area contributed by atoms with Crippen LogP contribution in [0.15, 0.2) is 11.6 Å². The third-order valence-electron chi connectivity index (χ3n) is 5.02. The zero-order chi connectivity index (χ0) is 12.8. The monoisotopic (exact) mass is 250 g/mol. The van der Waals surface area contributed by atoms with Crippen molar-refractivity contribution < 1.29 is 5.11 Å². The Balaban J connectivity index is 1.69. The van der Waals surface area contributed by atoms with Crippen molar-refractivity contribution in [1.29, 1.82) is 0 Å². The predicted molar refractivity (Wildman–Crippen MR) is 77.6 cm³/mol. The Morgan fingerprint density at radius 3 is 2.61 bits per heavy atom. The molecule has 0 saturated heterocycles. The van der Waals surface area contributed by atoms with E-state index in [2.05, 4.69) is 13.0 Å². The smallest absolute Gasteiger partial charge is 0.0647 e. The standard InChI is InChI=1S/C17H30O/c1-15(16-10-4-2-5-11-16)9-8-14-17(18)12-6-3-7-13-17/h10,15,18H,2-9,11-14H2,1H3. The molecule has 0 aromatic carbocycles. The average molecular weight is 250 g/mol. The van der Waals surface area contributed by atoms with Gasteiger partial charge in [0.25, 0.3) is 0 Å². The topological polar surface area (TPSA) is 20.2 Å². The van der Waals surface area contributed by atoms with Crippen molar-refractivity contribution in [3.63, 3.8) is 0 Å². The Morgan fingerprint density at radius 2 is 1.94 bits per heavy atom. The molecule has 1 saturated carbocycles. The zero-order valence-electron chi connectivity index (χ0n) is 12.1. The third-order valence-corrected chi connectivity index (χ3v) is 5.02. The van der Waals surface area contributed by atoms with Crippen molar-refractivity contribution in [1.82, 2.24) is 0 Å². The molecule has 0 aliphatic heterocycles. The molecule has 0 aromatic heterocycles. The lowest BCUT2D eigenvalue weighted by Gasteiger charge is -2.32. The highest BCUT2D eigenvalue weighted by atomic mass is 16.3. The first-order chi connectivity index (χ1) is 8.70. The highest BCUT2D eigenvalue weighted by Gasteiger charge is 2.28. The maximum Gasteiger partial charge on any atom is 0.0647 e. The van der Waals surface area contributed by atoms with Gasteiger partial charge in [0.15, 0.2) is 0 Å². The molecule has 0 radical (unpaired) electrons. The minimum Gasteiger partial charge on any atom is -0.390 e. The van der Waals surface area contributed by atoms with Crippen LogP contribution in [0.5, 0.6) is 0 Å². The Labute approximate surface area is 113 Å². The van der Waals surface area contributed by atoms with Gasteiger partial charge in [-0.25, -0.2) is 0 Å². The first kappa shape index (κ1) is 14.1. The van der Waals surface area contributed by atoms with Crippen LogP contribution in [0, 0.1) is 5.92 Å². The molecule has 1 N–H and O–H groups in total. The lowest BCUT2D eigenvalue weighted by molar-refractivity contribution is -0.00629. The molecule has 0 amide bonds. The molecule has 2 aliphatic carbocycles. The number of rotatable bonds is 5. The molecule has 1 fully saturated rings. The maximum absolute atomic E-state index is 10.5. The van der Waals surface area contributed by atoms with E-state index < -0.39 is 0 Å². The van der Waals surface area contributed by atoms with E-state index in [9.17, 15) is 5.11 Å². The minimum absolute atomic E-state index is 0.307. The maximum atomic E-state index is 10.5. The van der Waals surface area contributed by atoms with Gasteiger partial charge in [-0.1, -0.05) is 44.3 Å². The summed E-state index contributed by atoms with van der Waals surface area (Å²) in [6.07, 6.45) is 17.3. The van der Waals surface area contributed by atoms with Crippen LogP contribution in [0.1, 0.15) is 84.0 Å². The Kier molecular flexibility index (Phi) is 5.29. The largest absolute Gasteiger partial charge is 0.390 e. The van der Waals surface area contributed by atoms with Gasteiger partial charge in [0.2, 0.25) is 0 Å². The molecular weight excluding hydrogens is 220 g/mol. The summed E-state index contributed by atoms with van der Waals surface area (Å²) in [5.74, 6) is 0.748. The SMILES string of the molecule is CC(CCCC1(O)CCCCC1)C1=CCCCC1. The van der Waals surface area contributed by atoms with E-state index in [0.717, 1.165) is 25.2 Å². The number of aliphatic hydroxyl groups is 1. The van der Waals surface area contributed by atoms with Crippen molar-refractivity contribution >= 4 is 0 Å². The van der Waals surface area contributed by atoms with Crippen molar-refractivity contribution in [2.24, 2.45) is 5.92 Å². The van der Waals surface area contributed by atoms with E-state index in [1.54, 1.807) is 5.57 Å². The molecule has 18 heavy (non-hydrogen) atoms. The molecule has 0 aromatic rings. The van der Waals surface area contributed by atoms with Crippen LogP contribution < -0.4 is 0 Å². The molecule has 1 atom stereocenters. The summed E-state index contributed by atoms with van der Waals surface area (Å²) >= 11 is 0. The van der Waals surface area contributed by atoms with Gasteiger partial charge in [-0.3, -0.25) is 0 Å². The van der Waals surface area contributed by atoms with Crippen LogP contribution in [0.25, 0.3) is 0 Å². The van der Waals surface area contributed by atoms with E-state index in [1.807, 2.05) is 0 Å². The van der Waals surface area contributed by atoms with Crippen LogP contribution >= 0.6 is 0 Å². The van der Waals surface area contributed by atoms with Crippen LogP contribution in [-0.2, 0) is 0 Å². The fraction of sp³-hybridized carbons (Fsp3) is 0.882. The van der Waals surface area contributed by atoms with Gasteiger partial charge in [0.05, 0.1) is 5.60 Å². The van der Waals surface area contributed by atoms with Gasteiger partial charge in [-0.15, -0.1) is 0 Å². The fourth-order valence-electron chi connectivity index (χ4n) is 3.69. The van der Waals surface area contributed by atoms with Crippen LogP contribution in [0.3, 0.4) is 0 Å². The lowest BCUT2D eigenvalue weighted by Crippen LogP contribution is -2.31. The average Bonchev–Trinajstić information content (AvgIpc) is 2.40. The summed E-state index contributed by atoms with van der Waals surface area (Å²) in [7, 11) is 0. The van der Waals surface area contributed by atoms with E-state index in [1.165, 1.54) is 57.8 Å². The first-order valence-electron chi connectivity index (χ1n) is 8.11. The molecular formula is C17H30O. The molecule has 104 valence electrons. The van der Waals surface area contributed by atoms with E-state index in [4.69, 9.17) is 0 Å². The molecule has 2 aliphatic rings. The quantitative estimate of drug-likeness (QED) is 0.682. The van der Waals surface area contributed by atoms with Crippen molar-refractivity contribution in [3.8, 4) is 0 Å². The molecule has 1 heteroatoms. The second-order valence-corrected chi connectivity index (χ2v) is 6.60. The van der Waals surface area contributed by atoms with Gasteiger partial charge in [0, 0.05) is 0 Å². The lowest BCUT2D eigenvalue weighted by atomic mass is 9.80. The number of hydrogen-bond donors (Lipinski definition) is 1. The van der Waals surface area contributed by atoms with E-state index >= 15 is 0 Å². The summed E-state index contributed by atoms with van der Waals surface area (Å²) in [5.41, 5.74) is 1.38. The molecule has 1 unspecified atom stereocenters. The molecule has 0 bridgehead atoms. The summed E-state index contributed by atoms with van der Waals surface area (Å²) < 4.78 is 0. The highest BCUT2D eigenvalue weighted by Crippen LogP contribution is 2.34. The van der Waals surface area contributed by atoms with Crippen LogP contribution in [-0.4, -0.2) is 10.7 Å². The van der Waals surface area contributed by atoms with Crippen molar-refractivity contribution in [2.75, 3.05) is 0 Å². The van der Waals surface area contributed by atoms with Crippen LogP contribution in [0.2, 0.25) is 0 Å². The van der Waals surface area contributed by atoms with Gasteiger partial charge in [-0.05, 0) is 57.3 Å². The van der Waals surface area contributed by atoms with Crippen LogP contribution in [0.4, 0.5) is 0 Å². The minimum atomic E-state index is -0.307. The first-order valence-corrected chi connectivity index (χ1v) is 8.11. The Hall–Kier alpha value is -0.300. The molecule has 0 heterocycles. The summed E-state index contributed by atoms with van der Waals surface area (Å²) in [5, 5.41) is 10.5. The molecule has 1 nitrogen and oxygen atoms in total. The fourth-order valence-corrected chi connectivity index (χ4v) is 3.69. The van der Waals surface area contributed by atoms with Crippen molar-refractivity contribution in [2.45, 2.75) is 89.6 Å². The second-order valence-electron chi connectivity index (χ2n) is 6.60. The summed E-state index contributed by atoms with van der Waals surface area (Å²) in [4.78, 5) is 0. The molecule has 2 rings (SSSR count). The Bertz CT molecular complexity index is 273. The summed E-state index contributed by atoms with van der Waals surface area (Å²) in [6, 6.07) is 0. The van der Waals surface area contributed by atoms with Gasteiger partial charge < -0.3 is 5.11 Å². The molecule has 0 spiro atoms. The van der Waals surface area contributed by atoms with Crippen molar-refractivity contribution in [3.05, 3.63) is 11.6 Å². The Morgan fingerprint density at radius 1 is 1.17 bits per heavy atom.